The standard InChI is InChI=1S/C26H20Cl3N3O4/c1-15-3-5-18(6-4-15)32-26(34)17(13-30)9-16-10-22(29)25(23(11-16)35-2)36-14-24(33)31-19-7-8-20(27)21(28)12-19/h3-12H,14H2,1-2H3,(H,31,33)(H,32,34)/b17-9-. The molecule has 0 aliphatic rings. The van der Waals surface area contributed by atoms with E-state index in [4.69, 9.17) is 44.3 Å². The summed E-state index contributed by atoms with van der Waals surface area (Å²) >= 11 is 18.2. The lowest BCUT2D eigenvalue weighted by Crippen LogP contribution is -2.20. The number of hydrogen-bond donors (Lipinski definition) is 2. The molecule has 0 fully saturated rings. The van der Waals surface area contributed by atoms with Crippen LogP contribution < -0.4 is 20.1 Å². The molecule has 0 aromatic heterocycles. The van der Waals surface area contributed by atoms with E-state index in [1.54, 1.807) is 24.3 Å². The molecule has 0 heterocycles. The van der Waals surface area contributed by atoms with E-state index in [2.05, 4.69) is 10.6 Å². The normalized spacial score (nSPS) is 10.8. The molecule has 0 atom stereocenters. The first kappa shape index (κ1) is 26.9. The van der Waals surface area contributed by atoms with Crippen LogP contribution in [-0.4, -0.2) is 25.5 Å². The molecule has 2 amide bonds. The van der Waals surface area contributed by atoms with E-state index in [1.807, 2.05) is 25.1 Å². The first-order chi connectivity index (χ1) is 17.2. The third kappa shape index (κ3) is 7.15. The Labute approximate surface area is 223 Å². The van der Waals surface area contributed by atoms with Gasteiger partial charge in [0.15, 0.2) is 18.1 Å². The molecular weight excluding hydrogens is 525 g/mol. The van der Waals surface area contributed by atoms with E-state index in [0.717, 1.165) is 5.56 Å². The number of methoxy groups -OCH3 is 1. The Hall–Kier alpha value is -3.70. The zero-order valence-electron chi connectivity index (χ0n) is 19.2. The largest absolute Gasteiger partial charge is 0.493 e. The van der Waals surface area contributed by atoms with E-state index in [1.165, 1.54) is 31.4 Å². The molecule has 0 saturated heterocycles. The van der Waals surface area contributed by atoms with Crippen LogP contribution in [0.5, 0.6) is 11.5 Å². The van der Waals surface area contributed by atoms with Gasteiger partial charge in [-0.2, -0.15) is 5.26 Å². The minimum Gasteiger partial charge on any atom is -0.493 e. The van der Waals surface area contributed by atoms with Crippen molar-refractivity contribution >= 4 is 64.1 Å². The number of hydrogen-bond acceptors (Lipinski definition) is 5. The lowest BCUT2D eigenvalue weighted by atomic mass is 10.1. The van der Waals surface area contributed by atoms with Gasteiger partial charge in [-0.15, -0.1) is 0 Å². The molecule has 36 heavy (non-hydrogen) atoms. The number of anilines is 2. The number of amides is 2. The molecule has 7 nitrogen and oxygen atoms in total. The summed E-state index contributed by atoms with van der Waals surface area (Å²) in [5, 5.41) is 15.6. The maximum atomic E-state index is 12.6. The quantitative estimate of drug-likeness (QED) is 0.248. The van der Waals surface area contributed by atoms with Gasteiger partial charge in [-0.1, -0.05) is 52.5 Å². The van der Waals surface area contributed by atoms with Crippen molar-refractivity contribution in [3.8, 4) is 17.6 Å². The fourth-order valence-electron chi connectivity index (χ4n) is 3.02. The van der Waals surface area contributed by atoms with Crippen molar-refractivity contribution in [1.29, 1.82) is 5.26 Å². The summed E-state index contributed by atoms with van der Waals surface area (Å²) in [6, 6.07) is 16.8. The van der Waals surface area contributed by atoms with Gasteiger partial charge in [0.2, 0.25) is 0 Å². The molecule has 0 saturated carbocycles. The summed E-state index contributed by atoms with van der Waals surface area (Å²) in [5.41, 5.74) is 2.35. The molecule has 2 N–H and O–H groups in total. The fraction of sp³-hybridized carbons (Fsp3) is 0.115. The van der Waals surface area contributed by atoms with Gasteiger partial charge in [-0.3, -0.25) is 9.59 Å². The number of carbonyl (C=O) groups excluding carboxylic acids is 2. The molecule has 10 heteroatoms. The molecule has 0 radical (unpaired) electrons. The number of aryl methyl sites for hydroxylation is 1. The molecule has 0 bridgehead atoms. The lowest BCUT2D eigenvalue weighted by Gasteiger charge is -2.14. The Balaban J connectivity index is 1.73. The van der Waals surface area contributed by atoms with Gasteiger partial charge in [0, 0.05) is 11.4 Å². The average molecular weight is 545 g/mol. The molecule has 184 valence electrons. The number of halogens is 3. The summed E-state index contributed by atoms with van der Waals surface area (Å²) in [5.74, 6) is -0.693. The predicted octanol–water partition coefficient (Wildman–Crippen LogP) is 6.53. The van der Waals surface area contributed by atoms with Crippen LogP contribution in [0.25, 0.3) is 6.08 Å². The Kier molecular flexibility index (Phi) is 9.20. The molecule has 0 aliphatic carbocycles. The number of benzene rings is 3. The molecule has 0 aliphatic heterocycles. The highest BCUT2D eigenvalue weighted by atomic mass is 35.5. The summed E-state index contributed by atoms with van der Waals surface area (Å²) in [6.45, 7) is 1.56. The second-order valence-electron chi connectivity index (χ2n) is 7.49. The highest BCUT2D eigenvalue weighted by molar-refractivity contribution is 6.42. The Morgan fingerprint density at radius 2 is 1.64 bits per heavy atom. The van der Waals surface area contributed by atoms with Crippen molar-refractivity contribution in [1.82, 2.24) is 0 Å². The molecule has 0 unspecified atom stereocenters. The zero-order chi connectivity index (χ0) is 26.2. The van der Waals surface area contributed by atoms with Gasteiger partial charge < -0.3 is 20.1 Å². The topological polar surface area (TPSA) is 100 Å². The average Bonchev–Trinajstić information content (AvgIpc) is 2.85. The van der Waals surface area contributed by atoms with Crippen LogP contribution in [0.4, 0.5) is 11.4 Å². The van der Waals surface area contributed by atoms with Gasteiger partial charge >= 0.3 is 0 Å². The number of nitriles is 1. The molecule has 0 spiro atoms. The Morgan fingerprint density at radius 3 is 2.28 bits per heavy atom. The van der Waals surface area contributed by atoms with E-state index >= 15 is 0 Å². The zero-order valence-corrected chi connectivity index (χ0v) is 21.5. The van der Waals surface area contributed by atoms with Crippen molar-refractivity contribution < 1.29 is 19.1 Å². The first-order valence-electron chi connectivity index (χ1n) is 10.4. The third-order valence-corrected chi connectivity index (χ3v) is 5.81. The highest BCUT2D eigenvalue weighted by Crippen LogP contribution is 2.37. The summed E-state index contributed by atoms with van der Waals surface area (Å²) < 4.78 is 10.9. The van der Waals surface area contributed by atoms with E-state index in [-0.39, 0.29) is 28.7 Å². The highest BCUT2D eigenvalue weighted by Gasteiger charge is 2.16. The molecule has 3 aromatic rings. The van der Waals surface area contributed by atoms with Gasteiger partial charge in [-0.25, -0.2) is 0 Å². The van der Waals surface area contributed by atoms with Gasteiger partial charge in [-0.05, 0) is 61.0 Å². The van der Waals surface area contributed by atoms with E-state index in [0.29, 0.717) is 27.0 Å². The summed E-state index contributed by atoms with van der Waals surface area (Å²) in [4.78, 5) is 24.9. The smallest absolute Gasteiger partial charge is 0.266 e. The maximum Gasteiger partial charge on any atom is 0.266 e. The van der Waals surface area contributed by atoms with Crippen molar-refractivity contribution in [2.24, 2.45) is 0 Å². The van der Waals surface area contributed by atoms with Gasteiger partial charge in [0.1, 0.15) is 11.6 Å². The summed E-state index contributed by atoms with van der Waals surface area (Å²) in [6.07, 6.45) is 1.37. The second-order valence-corrected chi connectivity index (χ2v) is 8.71. The monoisotopic (exact) mass is 543 g/mol. The Bertz CT molecular complexity index is 1370. The van der Waals surface area contributed by atoms with Crippen LogP contribution in [0.1, 0.15) is 11.1 Å². The number of carbonyl (C=O) groups is 2. The van der Waals surface area contributed by atoms with E-state index in [9.17, 15) is 14.9 Å². The fourth-order valence-corrected chi connectivity index (χ4v) is 3.59. The van der Waals surface area contributed by atoms with Crippen LogP contribution >= 0.6 is 34.8 Å². The van der Waals surface area contributed by atoms with Crippen molar-refractivity contribution in [3.05, 3.63) is 86.4 Å². The third-order valence-electron chi connectivity index (χ3n) is 4.79. The Morgan fingerprint density at radius 1 is 0.944 bits per heavy atom. The second kappa shape index (κ2) is 12.3. The maximum absolute atomic E-state index is 12.6. The van der Waals surface area contributed by atoms with Gasteiger partial charge in [0.25, 0.3) is 11.8 Å². The minimum absolute atomic E-state index is 0.124. The van der Waals surface area contributed by atoms with Gasteiger partial charge in [0.05, 0.1) is 22.2 Å². The van der Waals surface area contributed by atoms with Crippen LogP contribution in [0.15, 0.2) is 60.2 Å². The van der Waals surface area contributed by atoms with Crippen molar-refractivity contribution in [2.45, 2.75) is 6.92 Å². The number of nitrogens with zero attached hydrogens (tertiary/aromatic N) is 1. The summed E-state index contributed by atoms with van der Waals surface area (Å²) in [7, 11) is 1.40. The first-order valence-corrected chi connectivity index (χ1v) is 11.6. The van der Waals surface area contributed by atoms with E-state index < -0.39 is 11.8 Å². The number of nitrogens with one attached hydrogen (secondary N) is 2. The lowest BCUT2D eigenvalue weighted by molar-refractivity contribution is -0.118. The molecular formula is C26H20Cl3N3O4. The van der Waals surface area contributed by atoms with Crippen molar-refractivity contribution in [2.75, 3.05) is 24.4 Å². The molecule has 3 rings (SSSR count). The van der Waals surface area contributed by atoms with Crippen LogP contribution in [-0.2, 0) is 9.59 Å². The van der Waals surface area contributed by atoms with Crippen LogP contribution in [0.3, 0.4) is 0 Å². The number of rotatable bonds is 8. The van der Waals surface area contributed by atoms with Crippen molar-refractivity contribution in [3.63, 3.8) is 0 Å². The predicted molar refractivity (Wildman–Crippen MR) is 142 cm³/mol. The SMILES string of the molecule is COc1cc(/C=C(/C#N)C(=O)Nc2ccc(C)cc2)cc(Cl)c1OCC(=O)Nc1ccc(Cl)c(Cl)c1. The van der Waals surface area contributed by atoms with Crippen LogP contribution in [0.2, 0.25) is 15.1 Å². The minimum atomic E-state index is -0.573. The van der Waals surface area contributed by atoms with Crippen LogP contribution in [0, 0.1) is 18.3 Å². The number of ether oxygens (including phenoxy) is 2. The molecule has 3 aromatic carbocycles.